The molecule has 0 N–H and O–H groups in total. The Kier molecular flexibility index (Phi) is 4.35. The van der Waals surface area contributed by atoms with E-state index in [2.05, 4.69) is 4.98 Å². The molecule has 2 aliphatic rings. The van der Waals surface area contributed by atoms with Crippen molar-refractivity contribution in [2.75, 3.05) is 19.8 Å². The lowest BCUT2D eigenvalue weighted by molar-refractivity contribution is -0.185. The van der Waals surface area contributed by atoms with Crippen LogP contribution in [-0.2, 0) is 16.0 Å². The van der Waals surface area contributed by atoms with Gasteiger partial charge in [-0.2, -0.15) is 13.2 Å². The van der Waals surface area contributed by atoms with Gasteiger partial charge in [-0.3, -0.25) is 0 Å². The minimum Gasteiger partial charge on any atom is -0.461 e. The number of hydrogen-bond acceptors (Lipinski definition) is 4. The van der Waals surface area contributed by atoms with Crippen molar-refractivity contribution in [3.63, 3.8) is 0 Å². The van der Waals surface area contributed by atoms with Crippen molar-refractivity contribution in [2.24, 2.45) is 11.8 Å². The molecule has 1 fully saturated rings. The summed E-state index contributed by atoms with van der Waals surface area (Å²) in [4.78, 5) is 16.1. The molecular weight excluding hydrogens is 313 g/mol. The largest absolute Gasteiger partial charge is 0.461 e. The quantitative estimate of drug-likeness (QED) is 0.799. The fourth-order valence-corrected chi connectivity index (χ4v) is 3.41. The summed E-state index contributed by atoms with van der Waals surface area (Å²) in [5.41, 5.74) is 0.0774. The number of halogens is 3. The number of nitrogens with zero attached hydrogens (tertiary/aromatic N) is 2. The number of esters is 1. The summed E-state index contributed by atoms with van der Waals surface area (Å²) in [5.74, 6) is -1.81. The van der Waals surface area contributed by atoms with Crippen LogP contribution in [-0.4, -0.2) is 41.5 Å². The fraction of sp³-hybridized carbons (Fsp3) is 0.733. The van der Waals surface area contributed by atoms with Crippen molar-refractivity contribution in [3.05, 3.63) is 17.7 Å². The van der Waals surface area contributed by atoms with Crippen LogP contribution >= 0.6 is 0 Å². The number of hydrogen-bond donors (Lipinski definition) is 0. The van der Waals surface area contributed by atoms with E-state index in [-0.39, 0.29) is 37.1 Å². The predicted octanol–water partition coefficient (Wildman–Crippen LogP) is 2.76. The van der Waals surface area contributed by atoms with Crippen molar-refractivity contribution in [2.45, 2.75) is 38.4 Å². The Morgan fingerprint density at radius 3 is 2.91 bits per heavy atom. The average molecular weight is 332 g/mol. The molecule has 3 rings (SSSR count). The van der Waals surface area contributed by atoms with E-state index in [0.717, 1.165) is 6.42 Å². The van der Waals surface area contributed by atoms with E-state index in [4.69, 9.17) is 9.47 Å². The van der Waals surface area contributed by atoms with Crippen LogP contribution in [0.3, 0.4) is 0 Å². The molecule has 0 spiro atoms. The summed E-state index contributed by atoms with van der Waals surface area (Å²) >= 11 is 0. The Hall–Kier alpha value is -1.57. The Morgan fingerprint density at radius 1 is 1.52 bits per heavy atom. The maximum atomic E-state index is 13.2. The SMILES string of the molecule is CCOC(=O)c1cn2c(n1)C(C1CCOC1)CC(C(F)(F)F)C2. The van der Waals surface area contributed by atoms with Crippen LogP contribution in [0.2, 0.25) is 0 Å². The molecule has 3 unspecified atom stereocenters. The zero-order chi connectivity index (χ0) is 16.6. The van der Waals surface area contributed by atoms with Crippen molar-refractivity contribution < 1.29 is 27.4 Å². The van der Waals surface area contributed by atoms with E-state index in [9.17, 15) is 18.0 Å². The monoisotopic (exact) mass is 332 g/mol. The van der Waals surface area contributed by atoms with Gasteiger partial charge in [0.2, 0.25) is 0 Å². The van der Waals surface area contributed by atoms with Gasteiger partial charge in [0.1, 0.15) is 5.82 Å². The summed E-state index contributed by atoms with van der Waals surface area (Å²) in [7, 11) is 0. The van der Waals surface area contributed by atoms with Gasteiger partial charge in [-0.1, -0.05) is 0 Å². The number of fused-ring (bicyclic) bond motifs is 1. The molecule has 0 aromatic carbocycles. The zero-order valence-electron chi connectivity index (χ0n) is 12.8. The van der Waals surface area contributed by atoms with Gasteiger partial charge < -0.3 is 14.0 Å². The third-order valence-electron chi connectivity index (χ3n) is 4.58. The molecule has 23 heavy (non-hydrogen) atoms. The summed E-state index contributed by atoms with van der Waals surface area (Å²) in [6.07, 6.45) is -2.16. The number of ether oxygens (including phenoxy) is 2. The van der Waals surface area contributed by atoms with Crippen LogP contribution in [0.25, 0.3) is 0 Å². The van der Waals surface area contributed by atoms with E-state index in [1.165, 1.54) is 10.8 Å². The van der Waals surface area contributed by atoms with Crippen LogP contribution in [0.5, 0.6) is 0 Å². The topological polar surface area (TPSA) is 53.4 Å². The summed E-state index contributed by atoms with van der Waals surface area (Å²) in [6, 6.07) is 0. The van der Waals surface area contributed by atoms with E-state index in [1.54, 1.807) is 6.92 Å². The molecule has 2 aliphatic heterocycles. The molecule has 0 radical (unpaired) electrons. The van der Waals surface area contributed by atoms with Gasteiger partial charge in [-0.25, -0.2) is 9.78 Å². The number of rotatable bonds is 3. The number of alkyl halides is 3. The summed E-state index contributed by atoms with van der Waals surface area (Å²) in [5, 5.41) is 0. The Balaban J connectivity index is 1.92. The molecule has 0 aliphatic carbocycles. The normalized spacial score (nSPS) is 27.7. The smallest absolute Gasteiger partial charge is 0.393 e. The molecule has 0 bridgehead atoms. The molecule has 1 aromatic heterocycles. The van der Waals surface area contributed by atoms with Crippen LogP contribution in [0.15, 0.2) is 6.20 Å². The molecule has 5 nitrogen and oxygen atoms in total. The molecule has 1 saturated heterocycles. The first kappa shape index (κ1) is 16.3. The van der Waals surface area contributed by atoms with Gasteiger partial charge in [-0.15, -0.1) is 0 Å². The third-order valence-corrected chi connectivity index (χ3v) is 4.58. The molecule has 0 amide bonds. The van der Waals surface area contributed by atoms with Gasteiger partial charge in [0.05, 0.1) is 19.1 Å². The van der Waals surface area contributed by atoms with Gasteiger partial charge in [-0.05, 0) is 25.7 Å². The molecule has 3 atom stereocenters. The lowest BCUT2D eigenvalue weighted by Gasteiger charge is -2.33. The number of aromatic nitrogens is 2. The predicted molar refractivity (Wildman–Crippen MR) is 74.0 cm³/mol. The molecule has 128 valence electrons. The minimum atomic E-state index is -4.26. The summed E-state index contributed by atoms with van der Waals surface area (Å²) < 4.78 is 51.4. The molecule has 0 saturated carbocycles. The van der Waals surface area contributed by atoms with E-state index in [0.29, 0.717) is 19.0 Å². The first-order valence-corrected chi connectivity index (χ1v) is 7.78. The second-order valence-corrected chi connectivity index (χ2v) is 6.06. The van der Waals surface area contributed by atoms with Crippen LogP contribution in [0.1, 0.15) is 42.0 Å². The fourth-order valence-electron chi connectivity index (χ4n) is 3.41. The van der Waals surface area contributed by atoms with Gasteiger partial charge >= 0.3 is 12.1 Å². The second-order valence-electron chi connectivity index (χ2n) is 6.06. The Labute approximate surface area is 131 Å². The van der Waals surface area contributed by atoms with Crippen molar-refractivity contribution in [3.8, 4) is 0 Å². The van der Waals surface area contributed by atoms with Gasteiger partial charge in [0, 0.05) is 25.3 Å². The van der Waals surface area contributed by atoms with Crippen LogP contribution in [0.4, 0.5) is 13.2 Å². The van der Waals surface area contributed by atoms with E-state index in [1.807, 2.05) is 0 Å². The molecule has 1 aromatic rings. The van der Waals surface area contributed by atoms with Crippen molar-refractivity contribution >= 4 is 5.97 Å². The second kappa shape index (κ2) is 6.14. The first-order chi connectivity index (χ1) is 10.9. The third kappa shape index (κ3) is 3.22. The zero-order valence-corrected chi connectivity index (χ0v) is 12.8. The lowest BCUT2D eigenvalue weighted by atomic mass is 9.80. The maximum absolute atomic E-state index is 13.2. The Morgan fingerprint density at radius 2 is 2.30 bits per heavy atom. The number of carbonyl (C=O) groups is 1. The van der Waals surface area contributed by atoms with Gasteiger partial charge in [0.25, 0.3) is 0 Å². The van der Waals surface area contributed by atoms with Crippen molar-refractivity contribution in [1.29, 1.82) is 0 Å². The van der Waals surface area contributed by atoms with Gasteiger partial charge in [0.15, 0.2) is 5.69 Å². The lowest BCUT2D eigenvalue weighted by Crippen LogP contribution is -2.36. The summed E-state index contributed by atoms with van der Waals surface area (Å²) in [6.45, 7) is 2.67. The first-order valence-electron chi connectivity index (χ1n) is 7.78. The highest BCUT2D eigenvalue weighted by Crippen LogP contribution is 2.44. The number of imidazole rings is 1. The standard InChI is InChI=1S/C15H19F3N2O3/c1-2-23-14(21)12-7-20-6-10(15(16,17)18)5-11(13(20)19-12)9-3-4-22-8-9/h7,9-11H,2-6,8H2,1H3. The highest BCUT2D eigenvalue weighted by Gasteiger charge is 2.47. The van der Waals surface area contributed by atoms with Crippen LogP contribution < -0.4 is 0 Å². The Bertz CT molecular complexity index is 579. The molecule has 3 heterocycles. The van der Waals surface area contributed by atoms with Crippen molar-refractivity contribution in [1.82, 2.24) is 9.55 Å². The highest BCUT2D eigenvalue weighted by molar-refractivity contribution is 5.87. The van der Waals surface area contributed by atoms with E-state index < -0.39 is 18.1 Å². The minimum absolute atomic E-state index is 0.00317. The molecular formula is C15H19F3N2O3. The average Bonchev–Trinajstić information content (AvgIpc) is 3.14. The van der Waals surface area contributed by atoms with E-state index >= 15 is 0 Å². The molecule has 8 heteroatoms. The number of carbonyl (C=O) groups excluding carboxylic acids is 1. The highest BCUT2D eigenvalue weighted by atomic mass is 19.4. The maximum Gasteiger partial charge on any atom is 0.393 e. The van der Waals surface area contributed by atoms with Crippen LogP contribution in [0, 0.1) is 11.8 Å².